The summed E-state index contributed by atoms with van der Waals surface area (Å²) in [6.07, 6.45) is 12.1. The molecule has 2 N–H and O–H groups in total. The van der Waals surface area contributed by atoms with Gasteiger partial charge in [-0.2, -0.15) is 0 Å². The second kappa shape index (κ2) is 8.89. The lowest BCUT2D eigenvalue weighted by Crippen LogP contribution is -2.26. The summed E-state index contributed by atoms with van der Waals surface area (Å²) in [4.78, 5) is 12.5. The zero-order valence-electron chi connectivity index (χ0n) is 18.0. The van der Waals surface area contributed by atoms with E-state index in [1.807, 2.05) is 12.2 Å². The Bertz CT molecular complexity index is 845. The summed E-state index contributed by atoms with van der Waals surface area (Å²) in [6, 6.07) is 5.00. The highest BCUT2D eigenvalue weighted by Gasteiger charge is 2.28. The normalized spacial score (nSPS) is 19.7. The van der Waals surface area contributed by atoms with Gasteiger partial charge < -0.3 is 15.2 Å². The molecule has 29 heavy (non-hydrogen) atoms. The lowest BCUT2D eigenvalue weighted by atomic mass is 9.70. The van der Waals surface area contributed by atoms with Crippen molar-refractivity contribution in [3.63, 3.8) is 0 Å². The number of methoxy groups -OCH3 is 1. The van der Waals surface area contributed by atoms with E-state index in [2.05, 4.69) is 32.2 Å². The Balaban J connectivity index is 1.58. The van der Waals surface area contributed by atoms with E-state index in [1.54, 1.807) is 23.8 Å². The van der Waals surface area contributed by atoms with E-state index >= 15 is 0 Å². The third-order valence-corrected chi connectivity index (χ3v) is 6.15. The third kappa shape index (κ3) is 5.53. The molecule has 0 atom stereocenters. The summed E-state index contributed by atoms with van der Waals surface area (Å²) in [5, 5.41) is 12.8. The number of phenolic OH excluding ortho intramolecular Hbond substituents is 1. The standard InChI is InChI=1S/C25H33NO3/c1-25(2,3)20-11-9-18(10-12-20)19-6-5-7-21(16-19)26-24(28)15-17-8-13-22(27)23(14-17)29-4/h5-8,13-14,20,27H,9-12,15-16H2,1-4H3,(H,26,28). The van der Waals surface area contributed by atoms with Gasteiger partial charge >= 0.3 is 0 Å². The van der Waals surface area contributed by atoms with E-state index in [1.165, 1.54) is 25.5 Å². The molecule has 4 heteroatoms. The lowest BCUT2D eigenvalue weighted by molar-refractivity contribution is -0.119. The Labute approximate surface area is 174 Å². The minimum absolute atomic E-state index is 0.0555. The van der Waals surface area contributed by atoms with Crippen molar-refractivity contribution in [2.45, 2.75) is 59.3 Å². The molecule has 0 saturated heterocycles. The maximum atomic E-state index is 12.5. The summed E-state index contributed by atoms with van der Waals surface area (Å²) in [7, 11) is 1.50. The first-order valence-electron chi connectivity index (χ1n) is 10.5. The van der Waals surface area contributed by atoms with Crippen molar-refractivity contribution >= 4 is 5.91 Å². The molecule has 1 aromatic rings. The molecule has 2 aliphatic rings. The van der Waals surface area contributed by atoms with Gasteiger partial charge in [-0.05, 0) is 66.4 Å². The van der Waals surface area contributed by atoms with Crippen LogP contribution in [0, 0.1) is 11.3 Å². The molecule has 0 aromatic heterocycles. The van der Waals surface area contributed by atoms with E-state index in [9.17, 15) is 9.90 Å². The molecule has 4 nitrogen and oxygen atoms in total. The molecule has 3 rings (SSSR count). The second-order valence-electron chi connectivity index (χ2n) is 9.23. The molecule has 0 heterocycles. The highest BCUT2D eigenvalue weighted by molar-refractivity contribution is 5.80. The van der Waals surface area contributed by atoms with E-state index in [4.69, 9.17) is 4.74 Å². The van der Waals surface area contributed by atoms with Crippen molar-refractivity contribution in [2.75, 3.05) is 7.11 Å². The number of aromatic hydroxyl groups is 1. The van der Waals surface area contributed by atoms with Crippen LogP contribution in [0.15, 0.2) is 53.3 Å². The number of rotatable bonds is 4. The van der Waals surface area contributed by atoms with Crippen LogP contribution in [0.4, 0.5) is 0 Å². The Morgan fingerprint density at radius 3 is 2.62 bits per heavy atom. The number of hydrogen-bond acceptors (Lipinski definition) is 3. The minimum atomic E-state index is -0.0555. The van der Waals surface area contributed by atoms with E-state index in [-0.39, 0.29) is 18.1 Å². The van der Waals surface area contributed by atoms with Gasteiger partial charge in [0.1, 0.15) is 0 Å². The van der Waals surface area contributed by atoms with Crippen LogP contribution in [0.3, 0.4) is 0 Å². The monoisotopic (exact) mass is 395 g/mol. The fraction of sp³-hybridized carbons (Fsp3) is 0.480. The molecular formula is C25H33NO3. The minimum Gasteiger partial charge on any atom is -0.504 e. The highest BCUT2D eigenvalue weighted by atomic mass is 16.5. The van der Waals surface area contributed by atoms with Crippen molar-refractivity contribution < 1.29 is 14.6 Å². The molecule has 156 valence electrons. The van der Waals surface area contributed by atoms with Crippen LogP contribution in [0.1, 0.15) is 58.4 Å². The predicted molar refractivity (Wildman–Crippen MR) is 117 cm³/mol. The maximum absolute atomic E-state index is 12.5. The van der Waals surface area contributed by atoms with Crippen molar-refractivity contribution in [1.29, 1.82) is 0 Å². The summed E-state index contributed by atoms with van der Waals surface area (Å²) >= 11 is 0. The third-order valence-electron chi connectivity index (χ3n) is 6.15. The molecule has 1 saturated carbocycles. The number of benzene rings is 1. The average Bonchev–Trinajstić information content (AvgIpc) is 2.69. The van der Waals surface area contributed by atoms with Crippen LogP contribution in [0.2, 0.25) is 0 Å². The van der Waals surface area contributed by atoms with Crippen LogP contribution < -0.4 is 10.1 Å². The number of carbonyl (C=O) groups is 1. The van der Waals surface area contributed by atoms with Gasteiger partial charge in [0.05, 0.1) is 13.5 Å². The summed E-state index contributed by atoms with van der Waals surface area (Å²) in [5.41, 5.74) is 5.05. The van der Waals surface area contributed by atoms with Gasteiger partial charge in [-0.15, -0.1) is 0 Å². The molecule has 0 radical (unpaired) electrons. The Morgan fingerprint density at radius 2 is 1.97 bits per heavy atom. The van der Waals surface area contributed by atoms with Gasteiger partial charge in [0.15, 0.2) is 11.5 Å². The topological polar surface area (TPSA) is 58.6 Å². The van der Waals surface area contributed by atoms with E-state index in [0.29, 0.717) is 11.2 Å². The number of ether oxygens (including phenoxy) is 1. The molecule has 0 spiro atoms. The molecule has 0 bridgehead atoms. The Morgan fingerprint density at radius 1 is 1.24 bits per heavy atom. The summed E-state index contributed by atoms with van der Waals surface area (Å²) in [5.74, 6) is 1.19. The number of carbonyl (C=O) groups excluding carboxylic acids is 1. The molecule has 0 aliphatic heterocycles. The quantitative estimate of drug-likeness (QED) is 0.714. The zero-order valence-corrected chi connectivity index (χ0v) is 18.0. The molecule has 1 fully saturated rings. The Kier molecular flexibility index (Phi) is 6.51. The first kappa shape index (κ1) is 21.2. The number of amides is 1. The number of hydrogen-bond donors (Lipinski definition) is 2. The lowest BCUT2D eigenvalue weighted by Gasteiger charge is -2.35. The SMILES string of the molecule is COc1cc(CC(=O)NC2=CC=CC(=C3CCC(C(C)(C)C)CC3)C2)ccc1O. The Hall–Kier alpha value is -2.49. The molecule has 1 amide bonds. The maximum Gasteiger partial charge on any atom is 0.228 e. The van der Waals surface area contributed by atoms with Crippen molar-refractivity contribution in [3.05, 3.63) is 58.8 Å². The van der Waals surface area contributed by atoms with Gasteiger partial charge in [0, 0.05) is 12.1 Å². The van der Waals surface area contributed by atoms with Gasteiger partial charge in [-0.1, -0.05) is 44.6 Å². The van der Waals surface area contributed by atoms with Crippen molar-refractivity contribution in [3.8, 4) is 11.5 Å². The van der Waals surface area contributed by atoms with Gasteiger partial charge in [-0.3, -0.25) is 4.79 Å². The predicted octanol–water partition coefficient (Wildman–Crippen LogP) is 5.44. The number of phenols is 1. The first-order chi connectivity index (χ1) is 13.8. The van der Waals surface area contributed by atoms with Crippen LogP contribution in [0.25, 0.3) is 0 Å². The van der Waals surface area contributed by atoms with Crippen LogP contribution in [-0.2, 0) is 11.2 Å². The molecule has 1 aromatic carbocycles. The van der Waals surface area contributed by atoms with Crippen LogP contribution in [0.5, 0.6) is 11.5 Å². The smallest absolute Gasteiger partial charge is 0.228 e. The summed E-state index contributed by atoms with van der Waals surface area (Å²) < 4.78 is 5.12. The van der Waals surface area contributed by atoms with Gasteiger partial charge in [-0.25, -0.2) is 0 Å². The molecule has 0 unspecified atom stereocenters. The van der Waals surface area contributed by atoms with Crippen LogP contribution >= 0.6 is 0 Å². The largest absolute Gasteiger partial charge is 0.504 e. The highest BCUT2D eigenvalue weighted by Crippen LogP contribution is 2.41. The summed E-state index contributed by atoms with van der Waals surface area (Å²) in [6.45, 7) is 7.03. The van der Waals surface area contributed by atoms with Gasteiger partial charge in [0.2, 0.25) is 5.91 Å². The number of allylic oxidation sites excluding steroid dienone is 5. The fourth-order valence-electron chi connectivity index (χ4n) is 4.33. The van der Waals surface area contributed by atoms with Crippen molar-refractivity contribution in [2.24, 2.45) is 11.3 Å². The average molecular weight is 396 g/mol. The van der Waals surface area contributed by atoms with Crippen LogP contribution in [-0.4, -0.2) is 18.1 Å². The van der Waals surface area contributed by atoms with Gasteiger partial charge in [0.25, 0.3) is 0 Å². The molecule has 2 aliphatic carbocycles. The van der Waals surface area contributed by atoms with Crippen molar-refractivity contribution in [1.82, 2.24) is 5.32 Å². The van der Waals surface area contributed by atoms with E-state index in [0.717, 1.165) is 36.4 Å². The first-order valence-corrected chi connectivity index (χ1v) is 10.5. The van der Waals surface area contributed by atoms with E-state index < -0.39 is 0 Å². The number of nitrogens with one attached hydrogen (secondary N) is 1. The fourth-order valence-corrected chi connectivity index (χ4v) is 4.33. The zero-order chi connectivity index (χ0) is 21.0. The second-order valence-corrected chi connectivity index (χ2v) is 9.23. The molecular weight excluding hydrogens is 362 g/mol.